The Labute approximate surface area is 129 Å². The first kappa shape index (κ1) is 16.2. The quantitative estimate of drug-likeness (QED) is 0.713. The van der Waals surface area contributed by atoms with Crippen molar-refractivity contribution in [2.24, 2.45) is 11.3 Å². The van der Waals surface area contributed by atoms with E-state index < -0.39 is 0 Å². The Bertz CT molecular complexity index is 459. The van der Waals surface area contributed by atoms with Crippen molar-refractivity contribution in [1.29, 1.82) is 0 Å². The van der Waals surface area contributed by atoms with Crippen molar-refractivity contribution in [3.05, 3.63) is 23.8 Å². The van der Waals surface area contributed by atoms with Gasteiger partial charge in [-0.1, -0.05) is 40.2 Å². The highest BCUT2D eigenvalue weighted by molar-refractivity contribution is 5.42. The highest BCUT2D eigenvalue weighted by Gasteiger charge is 2.17. The Hall–Kier alpha value is -1.18. The fraction of sp³-hybridized carbons (Fsp3) is 0.684. The Balaban J connectivity index is 1.80. The lowest BCUT2D eigenvalue weighted by atomic mass is 9.86. The second-order valence-electron chi connectivity index (χ2n) is 7.74. The van der Waals surface area contributed by atoms with Crippen molar-refractivity contribution in [1.82, 2.24) is 0 Å². The molecule has 2 nitrogen and oxygen atoms in total. The van der Waals surface area contributed by atoms with E-state index in [1.165, 1.54) is 18.4 Å². The van der Waals surface area contributed by atoms with E-state index in [4.69, 9.17) is 9.47 Å². The Morgan fingerprint density at radius 2 is 2.00 bits per heavy atom. The summed E-state index contributed by atoms with van der Waals surface area (Å²) in [4.78, 5) is 0. The maximum atomic E-state index is 6.06. The predicted molar refractivity (Wildman–Crippen MR) is 88.2 cm³/mol. The summed E-state index contributed by atoms with van der Waals surface area (Å²) in [5.74, 6) is 2.64. The van der Waals surface area contributed by atoms with E-state index >= 15 is 0 Å². The summed E-state index contributed by atoms with van der Waals surface area (Å²) in [5.41, 5.74) is 1.73. The standard InChI is InChI=1S/C19H30O2/c1-14(8-10-19(3,4)5)12-15(2)21-17-7-6-16-9-11-20-18(16)13-17/h6-7,13-15H,8-12H2,1-5H3. The number of hydrogen-bond donors (Lipinski definition) is 0. The van der Waals surface area contributed by atoms with Crippen LogP contribution in [0.3, 0.4) is 0 Å². The molecule has 0 fully saturated rings. The van der Waals surface area contributed by atoms with Crippen molar-refractivity contribution >= 4 is 0 Å². The summed E-state index contributed by atoms with van der Waals surface area (Å²) in [6.07, 6.45) is 4.92. The number of rotatable bonds is 6. The molecule has 2 unspecified atom stereocenters. The molecule has 0 aliphatic carbocycles. The molecule has 118 valence electrons. The van der Waals surface area contributed by atoms with Crippen LogP contribution in [0.2, 0.25) is 0 Å². The molecular weight excluding hydrogens is 260 g/mol. The molecule has 1 heterocycles. The molecule has 0 bridgehead atoms. The lowest BCUT2D eigenvalue weighted by Crippen LogP contribution is -2.17. The monoisotopic (exact) mass is 290 g/mol. The van der Waals surface area contributed by atoms with Crippen LogP contribution in [0.25, 0.3) is 0 Å². The van der Waals surface area contributed by atoms with Gasteiger partial charge in [-0.25, -0.2) is 0 Å². The Morgan fingerprint density at radius 1 is 1.24 bits per heavy atom. The minimum Gasteiger partial charge on any atom is -0.493 e. The van der Waals surface area contributed by atoms with Crippen LogP contribution in [0.5, 0.6) is 11.5 Å². The normalized spacial score (nSPS) is 17.0. The Morgan fingerprint density at radius 3 is 2.71 bits per heavy atom. The first-order valence-corrected chi connectivity index (χ1v) is 8.26. The molecule has 1 aliphatic rings. The first-order valence-electron chi connectivity index (χ1n) is 8.26. The van der Waals surface area contributed by atoms with Gasteiger partial charge in [-0.3, -0.25) is 0 Å². The molecule has 1 aromatic carbocycles. The van der Waals surface area contributed by atoms with Gasteiger partial charge in [0, 0.05) is 12.5 Å². The molecule has 0 spiro atoms. The zero-order valence-electron chi connectivity index (χ0n) is 14.2. The summed E-state index contributed by atoms with van der Waals surface area (Å²) in [6, 6.07) is 6.25. The van der Waals surface area contributed by atoms with Crippen LogP contribution in [0, 0.1) is 11.3 Å². The number of hydrogen-bond acceptors (Lipinski definition) is 2. The van der Waals surface area contributed by atoms with Crippen molar-refractivity contribution < 1.29 is 9.47 Å². The van der Waals surface area contributed by atoms with Crippen molar-refractivity contribution in [3.8, 4) is 11.5 Å². The van der Waals surface area contributed by atoms with Crippen LogP contribution < -0.4 is 9.47 Å². The maximum absolute atomic E-state index is 6.06. The van der Waals surface area contributed by atoms with E-state index in [0.717, 1.165) is 30.9 Å². The summed E-state index contributed by atoms with van der Waals surface area (Å²) in [5, 5.41) is 0. The summed E-state index contributed by atoms with van der Waals surface area (Å²) < 4.78 is 11.7. The van der Waals surface area contributed by atoms with Gasteiger partial charge < -0.3 is 9.47 Å². The highest BCUT2D eigenvalue weighted by Crippen LogP contribution is 2.31. The van der Waals surface area contributed by atoms with Crippen LogP contribution in [-0.2, 0) is 6.42 Å². The highest BCUT2D eigenvalue weighted by atomic mass is 16.5. The lowest BCUT2D eigenvalue weighted by Gasteiger charge is -2.23. The molecule has 0 radical (unpaired) electrons. The molecule has 2 rings (SSSR count). The number of ether oxygens (including phenoxy) is 2. The summed E-state index contributed by atoms with van der Waals surface area (Å²) in [7, 11) is 0. The third-order valence-electron chi connectivity index (χ3n) is 4.13. The molecule has 1 aliphatic heterocycles. The van der Waals surface area contributed by atoms with Crippen LogP contribution in [0.4, 0.5) is 0 Å². The smallest absolute Gasteiger partial charge is 0.126 e. The first-order chi connectivity index (χ1) is 9.83. The zero-order valence-corrected chi connectivity index (χ0v) is 14.2. The van der Waals surface area contributed by atoms with Crippen LogP contribution in [-0.4, -0.2) is 12.7 Å². The summed E-state index contributed by atoms with van der Waals surface area (Å²) >= 11 is 0. The van der Waals surface area contributed by atoms with Crippen molar-refractivity contribution in [2.75, 3.05) is 6.61 Å². The molecule has 21 heavy (non-hydrogen) atoms. The SMILES string of the molecule is CC(CCC(C)(C)C)CC(C)Oc1ccc2c(c1)OCC2. The van der Waals surface area contributed by atoms with Gasteiger partial charge in [0.2, 0.25) is 0 Å². The van der Waals surface area contributed by atoms with E-state index in [0.29, 0.717) is 11.3 Å². The number of fused-ring (bicyclic) bond motifs is 1. The van der Waals surface area contributed by atoms with Gasteiger partial charge in [-0.05, 0) is 42.7 Å². The van der Waals surface area contributed by atoms with E-state index in [9.17, 15) is 0 Å². The van der Waals surface area contributed by atoms with Gasteiger partial charge in [-0.2, -0.15) is 0 Å². The lowest BCUT2D eigenvalue weighted by molar-refractivity contribution is 0.179. The molecule has 0 amide bonds. The molecule has 0 N–H and O–H groups in total. The third kappa shape index (κ3) is 5.26. The topological polar surface area (TPSA) is 18.5 Å². The van der Waals surface area contributed by atoms with Crippen LogP contribution in [0.1, 0.15) is 59.4 Å². The average molecular weight is 290 g/mol. The predicted octanol–water partition coefficient (Wildman–Crippen LogP) is 5.24. The average Bonchev–Trinajstić information content (AvgIpc) is 2.82. The molecule has 2 heteroatoms. The second kappa shape index (κ2) is 6.72. The maximum Gasteiger partial charge on any atom is 0.126 e. The molecular formula is C19H30O2. The molecule has 0 aromatic heterocycles. The van der Waals surface area contributed by atoms with E-state index in [-0.39, 0.29) is 6.10 Å². The Kier molecular flexibility index (Phi) is 5.18. The minimum atomic E-state index is 0.249. The summed E-state index contributed by atoms with van der Waals surface area (Å²) in [6.45, 7) is 12.2. The van der Waals surface area contributed by atoms with Gasteiger partial charge in [0.15, 0.2) is 0 Å². The second-order valence-corrected chi connectivity index (χ2v) is 7.74. The van der Waals surface area contributed by atoms with Crippen molar-refractivity contribution in [2.45, 2.75) is 66.4 Å². The van der Waals surface area contributed by atoms with Crippen LogP contribution >= 0.6 is 0 Å². The largest absolute Gasteiger partial charge is 0.493 e. The van der Waals surface area contributed by atoms with E-state index in [2.05, 4.69) is 46.8 Å². The fourth-order valence-electron chi connectivity index (χ4n) is 2.86. The van der Waals surface area contributed by atoms with E-state index in [1.807, 2.05) is 6.07 Å². The van der Waals surface area contributed by atoms with Gasteiger partial charge in [0.1, 0.15) is 11.5 Å². The molecule has 0 saturated carbocycles. The van der Waals surface area contributed by atoms with Gasteiger partial charge >= 0.3 is 0 Å². The number of benzene rings is 1. The van der Waals surface area contributed by atoms with Gasteiger partial charge in [0.25, 0.3) is 0 Å². The van der Waals surface area contributed by atoms with Crippen molar-refractivity contribution in [3.63, 3.8) is 0 Å². The zero-order chi connectivity index (χ0) is 15.5. The van der Waals surface area contributed by atoms with Gasteiger partial charge in [0.05, 0.1) is 12.7 Å². The molecule has 1 aromatic rings. The van der Waals surface area contributed by atoms with Gasteiger partial charge in [-0.15, -0.1) is 0 Å². The molecule has 0 saturated heterocycles. The minimum absolute atomic E-state index is 0.249. The molecule has 2 atom stereocenters. The van der Waals surface area contributed by atoms with Crippen LogP contribution in [0.15, 0.2) is 18.2 Å². The van der Waals surface area contributed by atoms with E-state index in [1.54, 1.807) is 0 Å². The third-order valence-corrected chi connectivity index (χ3v) is 4.13. The fourth-order valence-corrected chi connectivity index (χ4v) is 2.86.